The quantitative estimate of drug-likeness (QED) is 0.579. The summed E-state index contributed by atoms with van der Waals surface area (Å²) < 4.78 is 0. The summed E-state index contributed by atoms with van der Waals surface area (Å²) in [6.07, 6.45) is 0.909. The first kappa shape index (κ1) is 10.8. The molecule has 4 N–H and O–H groups in total. The third-order valence-corrected chi connectivity index (χ3v) is 2.23. The molecule has 0 aliphatic heterocycles. The molecule has 1 rings (SSSR count). The van der Waals surface area contributed by atoms with Gasteiger partial charge in [0.15, 0.2) is 0 Å². The Hall–Kier alpha value is -1.30. The Morgan fingerprint density at radius 1 is 1.43 bits per heavy atom. The number of amides is 1. The lowest BCUT2D eigenvalue weighted by atomic mass is 10.2. The van der Waals surface area contributed by atoms with E-state index in [4.69, 9.17) is 15.9 Å². The van der Waals surface area contributed by atoms with Crippen LogP contribution in [0.3, 0.4) is 0 Å². The van der Waals surface area contributed by atoms with Gasteiger partial charge in [0.2, 0.25) is 0 Å². The molecule has 0 radical (unpaired) electrons. The molecule has 1 fully saturated rings. The summed E-state index contributed by atoms with van der Waals surface area (Å²) in [7, 11) is 0. The van der Waals surface area contributed by atoms with Crippen LogP contribution in [-0.4, -0.2) is 45.8 Å². The summed E-state index contributed by atoms with van der Waals surface area (Å²) in [5.74, 6) is -1.09. The van der Waals surface area contributed by atoms with Gasteiger partial charge in [0.25, 0.3) is 0 Å². The minimum Gasteiger partial charge on any atom is -0.480 e. The SMILES string of the molecule is N[C@@H](CCN(C(=O)O)C1CC1)C(=O)O. The van der Waals surface area contributed by atoms with Gasteiger partial charge in [-0.05, 0) is 19.3 Å². The van der Waals surface area contributed by atoms with Gasteiger partial charge in [0.05, 0.1) is 0 Å². The van der Waals surface area contributed by atoms with Gasteiger partial charge in [0, 0.05) is 12.6 Å². The first-order chi connectivity index (χ1) is 6.52. The van der Waals surface area contributed by atoms with Gasteiger partial charge in [-0.1, -0.05) is 0 Å². The molecule has 0 bridgehead atoms. The maximum absolute atomic E-state index is 10.7. The van der Waals surface area contributed by atoms with Gasteiger partial charge >= 0.3 is 12.1 Å². The van der Waals surface area contributed by atoms with Crippen molar-refractivity contribution in [3.8, 4) is 0 Å². The van der Waals surface area contributed by atoms with E-state index in [-0.39, 0.29) is 19.0 Å². The predicted octanol–water partition coefficient (Wildman–Crippen LogP) is -0.0692. The zero-order valence-electron chi connectivity index (χ0n) is 7.72. The minimum absolute atomic E-state index is 0.0773. The Morgan fingerprint density at radius 3 is 2.36 bits per heavy atom. The molecule has 0 aromatic carbocycles. The van der Waals surface area contributed by atoms with Gasteiger partial charge in [-0.25, -0.2) is 4.79 Å². The number of carboxylic acid groups (broad SMARTS) is 2. The lowest BCUT2D eigenvalue weighted by molar-refractivity contribution is -0.138. The Balaban J connectivity index is 2.33. The van der Waals surface area contributed by atoms with E-state index < -0.39 is 18.1 Å². The fourth-order valence-electron chi connectivity index (χ4n) is 1.22. The molecule has 0 unspecified atom stereocenters. The fraction of sp³-hybridized carbons (Fsp3) is 0.750. The van der Waals surface area contributed by atoms with E-state index in [1.165, 1.54) is 4.90 Å². The van der Waals surface area contributed by atoms with Crippen molar-refractivity contribution < 1.29 is 19.8 Å². The number of carbonyl (C=O) groups is 2. The minimum atomic E-state index is -1.09. The second kappa shape index (κ2) is 4.28. The summed E-state index contributed by atoms with van der Waals surface area (Å²) in [5.41, 5.74) is 5.27. The van der Waals surface area contributed by atoms with E-state index >= 15 is 0 Å². The maximum Gasteiger partial charge on any atom is 0.407 e. The normalized spacial score (nSPS) is 17.5. The average molecular weight is 202 g/mol. The molecule has 6 nitrogen and oxygen atoms in total. The van der Waals surface area contributed by atoms with Gasteiger partial charge < -0.3 is 20.8 Å². The Bertz CT molecular complexity index is 239. The zero-order chi connectivity index (χ0) is 10.7. The second-order valence-electron chi connectivity index (χ2n) is 3.44. The number of carboxylic acids is 1. The Kier molecular flexibility index (Phi) is 3.29. The van der Waals surface area contributed by atoms with Crippen LogP contribution in [0.4, 0.5) is 4.79 Å². The van der Waals surface area contributed by atoms with Crippen LogP contribution in [0.2, 0.25) is 0 Å². The third-order valence-electron chi connectivity index (χ3n) is 2.23. The van der Waals surface area contributed by atoms with Crippen LogP contribution in [0.25, 0.3) is 0 Å². The zero-order valence-corrected chi connectivity index (χ0v) is 7.72. The van der Waals surface area contributed by atoms with Crippen LogP contribution in [0.15, 0.2) is 0 Å². The first-order valence-corrected chi connectivity index (χ1v) is 4.50. The first-order valence-electron chi connectivity index (χ1n) is 4.50. The summed E-state index contributed by atoms with van der Waals surface area (Å²) in [6, 6.07) is -0.899. The molecule has 14 heavy (non-hydrogen) atoms. The van der Waals surface area contributed by atoms with Crippen molar-refractivity contribution in [2.75, 3.05) is 6.54 Å². The number of rotatable bonds is 5. The van der Waals surface area contributed by atoms with Crippen LogP contribution >= 0.6 is 0 Å². The van der Waals surface area contributed by atoms with Crippen LogP contribution in [-0.2, 0) is 4.79 Å². The number of hydrogen-bond donors (Lipinski definition) is 3. The number of hydrogen-bond acceptors (Lipinski definition) is 3. The molecule has 0 aromatic rings. The number of nitrogens with zero attached hydrogens (tertiary/aromatic N) is 1. The van der Waals surface area contributed by atoms with Gasteiger partial charge in [0.1, 0.15) is 6.04 Å². The topological polar surface area (TPSA) is 104 Å². The van der Waals surface area contributed by atoms with Crippen molar-refractivity contribution in [1.82, 2.24) is 4.90 Å². The van der Waals surface area contributed by atoms with Crippen molar-refractivity contribution in [2.24, 2.45) is 5.73 Å². The largest absolute Gasteiger partial charge is 0.480 e. The molecule has 1 atom stereocenters. The molecule has 1 amide bonds. The predicted molar refractivity (Wildman–Crippen MR) is 48.0 cm³/mol. The highest BCUT2D eigenvalue weighted by Gasteiger charge is 2.32. The smallest absolute Gasteiger partial charge is 0.407 e. The van der Waals surface area contributed by atoms with Crippen molar-refractivity contribution in [3.05, 3.63) is 0 Å². The molecule has 0 heterocycles. The molecule has 1 aliphatic carbocycles. The monoisotopic (exact) mass is 202 g/mol. The average Bonchev–Trinajstić information content (AvgIpc) is 2.87. The van der Waals surface area contributed by atoms with Crippen molar-refractivity contribution in [2.45, 2.75) is 31.3 Å². The molecule has 1 aliphatic rings. The van der Waals surface area contributed by atoms with E-state index in [1.54, 1.807) is 0 Å². The van der Waals surface area contributed by atoms with Crippen molar-refractivity contribution >= 4 is 12.1 Å². The van der Waals surface area contributed by atoms with E-state index in [9.17, 15) is 9.59 Å². The van der Waals surface area contributed by atoms with Crippen LogP contribution in [0, 0.1) is 0 Å². The molecule has 80 valence electrons. The standard InChI is InChI=1S/C8H14N2O4/c9-6(7(11)12)3-4-10(8(13)14)5-1-2-5/h5-6H,1-4,9H2,(H,11,12)(H,13,14)/t6-/m0/s1. The number of aliphatic carboxylic acids is 1. The summed E-state index contributed by atoms with van der Waals surface area (Å²) in [4.78, 5) is 22.3. The molecule has 0 saturated heterocycles. The molecule has 6 heteroatoms. The highest BCUT2D eigenvalue weighted by molar-refractivity contribution is 5.73. The van der Waals surface area contributed by atoms with E-state index in [2.05, 4.69) is 0 Å². The maximum atomic E-state index is 10.7. The summed E-state index contributed by atoms with van der Waals surface area (Å²) >= 11 is 0. The lowest BCUT2D eigenvalue weighted by Gasteiger charge is -2.19. The van der Waals surface area contributed by atoms with Crippen molar-refractivity contribution in [3.63, 3.8) is 0 Å². The van der Waals surface area contributed by atoms with Gasteiger partial charge in [-0.2, -0.15) is 0 Å². The summed E-state index contributed by atoms with van der Waals surface area (Å²) in [5, 5.41) is 17.3. The van der Waals surface area contributed by atoms with E-state index in [0.29, 0.717) is 0 Å². The molecular weight excluding hydrogens is 188 g/mol. The molecular formula is C8H14N2O4. The van der Waals surface area contributed by atoms with E-state index in [1.807, 2.05) is 0 Å². The highest BCUT2D eigenvalue weighted by atomic mass is 16.4. The Morgan fingerprint density at radius 2 is 2.00 bits per heavy atom. The van der Waals surface area contributed by atoms with Gasteiger partial charge in [-0.15, -0.1) is 0 Å². The van der Waals surface area contributed by atoms with Gasteiger partial charge in [-0.3, -0.25) is 4.79 Å². The van der Waals surface area contributed by atoms with Crippen LogP contribution in [0.1, 0.15) is 19.3 Å². The Labute approximate surface area is 81.3 Å². The number of nitrogens with two attached hydrogens (primary N) is 1. The fourth-order valence-corrected chi connectivity index (χ4v) is 1.22. The molecule has 0 spiro atoms. The van der Waals surface area contributed by atoms with Crippen LogP contribution in [0.5, 0.6) is 0 Å². The van der Waals surface area contributed by atoms with Crippen LogP contribution < -0.4 is 5.73 Å². The van der Waals surface area contributed by atoms with Crippen molar-refractivity contribution in [1.29, 1.82) is 0 Å². The molecule has 1 saturated carbocycles. The molecule has 0 aromatic heterocycles. The highest BCUT2D eigenvalue weighted by Crippen LogP contribution is 2.26. The van der Waals surface area contributed by atoms with E-state index in [0.717, 1.165) is 12.8 Å². The lowest BCUT2D eigenvalue weighted by Crippen LogP contribution is -2.38. The second-order valence-corrected chi connectivity index (χ2v) is 3.44. The summed E-state index contributed by atoms with van der Waals surface area (Å²) in [6.45, 7) is 0.202. The third kappa shape index (κ3) is 2.88.